The molecule has 108 valence electrons. The van der Waals surface area contributed by atoms with Gasteiger partial charge in [0.25, 0.3) is 0 Å². The summed E-state index contributed by atoms with van der Waals surface area (Å²) in [6.07, 6.45) is 3.78. The van der Waals surface area contributed by atoms with Crippen molar-refractivity contribution in [2.45, 2.75) is 12.5 Å². The minimum absolute atomic E-state index is 0.302. The van der Waals surface area contributed by atoms with Gasteiger partial charge >= 0.3 is 11.9 Å². The predicted octanol–water partition coefficient (Wildman–Crippen LogP) is 0.514. The summed E-state index contributed by atoms with van der Waals surface area (Å²) >= 11 is 0. The van der Waals surface area contributed by atoms with Crippen molar-refractivity contribution in [3.05, 3.63) is 30.2 Å². The quantitative estimate of drug-likeness (QED) is 0.603. The lowest BCUT2D eigenvalue weighted by Crippen LogP contribution is -2.42. The Morgan fingerprint density at radius 2 is 2.10 bits per heavy atom. The van der Waals surface area contributed by atoms with Gasteiger partial charge < -0.3 is 19.2 Å². The first kappa shape index (κ1) is 15.5. The smallest absolute Gasteiger partial charge is 0.328 e. The van der Waals surface area contributed by atoms with E-state index in [4.69, 9.17) is 4.42 Å². The third-order valence-electron chi connectivity index (χ3n) is 2.34. The molecule has 1 N–H and O–H groups in total. The molecule has 0 saturated heterocycles. The van der Waals surface area contributed by atoms with Crippen molar-refractivity contribution in [1.29, 1.82) is 0 Å². The summed E-state index contributed by atoms with van der Waals surface area (Å²) in [6.45, 7) is 0. The van der Waals surface area contributed by atoms with Gasteiger partial charge in [-0.05, 0) is 18.2 Å². The van der Waals surface area contributed by atoms with Gasteiger partial charge in [0.2, 0.25) is 5.91 Å². The van der Waals surface area contributed by atoms with Crippen LogP contribution in [0, 0.1) is 0 Å². The topological polar surface area (TPSA) is 94.8 Å². The van der Waals surface area contributed by atoms with Gasteiger partial charge in [0.15, 0.2) is 0 Å². The van der Waals surface area contributed by atoms with Gasteiger partial charge in [-0.3, -0.25) is 9.59 Å². The predicted molar refractivity (Wildman–Crippen MR) is 68.3 cm³/mol. The van der Waals surface area contributed by atoms with Crippen LogP contribution in [0.15, 0.2) is 28.9 Å². The number of furan rings is 1. The van der Waals surface area contributed by atoms with E-state index in [-0.39, 0.29) is 6.42 Å². The molecule has 0 unspecified atom stereocenters. The van der Waals surface area contributed by atoms with E-state index in [9.17, 15) is 14.4 Å². The molecule has 7 heteroatoms. The lowest BCUT2D eigenvalue weighted by Gasteiger charge is -2.13. The van der Waals surface area contributed by atoms with Gasteiger partial charge in [0, 0.05) is 6.08 Å². The van der Waals surface area contributed by atoms with Crippen LogP contribution in [0.5, 0.6) is 0 Å². The molecule has 20 heavy (non-hydrogen) atoms. The summed E-state index contributed by atoms with van der Waals surface area (Å²) < 4.78 is 14.0. The molecule has 0 fully saturated rings. The fourth-order valence-corrected chi connectivity index (χ4v) is 1.35. The molecule has 0 aliphatic carbocycles. The zero-order valence-corrected chi connectivity index (χ0v) is 11.1. The highest BCUT2D eigenvalue weighted by Crippen LogP contribution is 2.03. The molecule has 1 rings (SSSR count). The van der Waals surface area contributed by atoms with E-state index in [2.05, 4.69) is 14.8 Å². The first-order valence-electron chi connectivity index (χ1n) is 5.73. The highest BCUT2D eigenvalue weighted by molar-refractivity contribution is 5.95. The second-order valence-corrected chi connectivity index (χ2v) is 3.71. The molecule has 0 aliphatic heterocycles. The molecule has 1 aromatic heterocycles. The third kappa shape index (κ3) is 4.97. The van der Waals surface area contributed by atoms with E-state index < -0.39 is 23.9 Å². The molecular formula is C13H15NO6. The minimum Gasteiger partial charge on any atom is -0.469 e. The Balaban J connectivity index is 2.61. The van der Waals surface area contributed by atoms with E-state index in [1.54, 1.807) is 12.1 Å². The average molecular weight is 281 g/mol. The molecule has 1 amide bonds. The number of nitrogens with one attached hydrogen (secondary N) is 1. The number of ether oxygens (including phenoxy) is 2. The van der Waals surface area contributed by atoms with Crippen LogP contribution >= 0.6 is 0 Å². The number of amides is 1. The summed E-state index contributed by atoms with van der Waals surface area (Å²) in [5.74, 6) is -1.42. The Hall–Kier alpha value is -2.57. The highest BCUT2D eigenvalue weighted by atomic mass is 16.5. The number of carbonyl (C=O) groups is 3. The van der Waals surface area contributed by atoms with Crippen LogP contribution in [0.1, 0.15) is 12.2 Å². The van der Waals surface area contributed by atoms with Crippen LogP contribution in [-0.4, -0.2) is 38.1 Å². The number of hydrogen-bond donors (Lipinski definition) is 1. The van der Waals surface area contributed by atoms with Crippen molar-refractivity contribution in [2.24, 2.45) is 0 Å². The first-order valence-corrected chi connectivity index (χ1v) is 5.73. The second kappa shape index (κ2) is 7.78. The van der Waals surface area contributed by atoms with Crippen molar-refractivity contribution in [3.8, 4) is 0 Å². The van der Waals surface area contributed by atoms with Crippen molar-refractivity contribution < 1.29 is 28.3 Å². The normalized spacial score (nSPS) is 11.9. The SMILES string of the molecule is COC(=O)C[C@H](NC(=O)/C=C/c1ccco1)C(=O)OC. The standard InChI is InChI=1S/C13H15NO6/c1-18-12(16)8-10(13(17)19-2)14-11(15)6-5-9-4-3-7-20-9/h3-7,10H,8H2,1-2H3,(H,14,15)/b6-5+/t10-/m0/s1. The molecule has 0 radical (unpaired) electrons. The van der Waals surface area contributed by atoms with Crippen LogP contribution < -0.4 is 5.32 Å². The van der Waals surface area contributed by atoms with Gasteiger partial charge in [-0.1, -0.05) is 0 Å². The Morgan fingerprint density at radius 3 is 2.65 bits per heavy atom. The van der Waals surface area contributed by atoms with Crippen molar-refractivity contribution in [1.82, 2.24) is 5.32 Å². The van der Waals surface area contributed by atoms with Gasteiger partial charge in [-0.25, -0.2) is 4.79 Å². The molecule has 0 bridgehead atoms. The highest BCUT2D eigenvalue weighted by Gasteiger charge is 2.24. The van der Waals surface area contributed by atoms with Crippen LogP contribution in [0.25, 0.3) is 6.08 Å². The number of rotatable bonds is 6. The third-order valence-corrected chi connectivity index (χ3v) is 2.34. The number of hydrogen-bond acceptors (Lipinski definition) is 6. The van der Waals surface area contributed by atoms with Crippen molar-refractivity contribution in [3.63, 3.8) is 0 Å². The molecule has 0 aromatic carbocycles. The Kier molecular flexibility index (Phi) is 6.02. The van der Waals surface area contributed by atoms with Crippen molar-refractivity contribution in [2.75, 3.05) is 14.2 Å². The molecule has 7 nitrogen and oxygen atoms in total. The molecule has 0 saturated carbocycles. The van der Waals surface area contributed by atoms with E-state index in [1.165, 1.54) is 25.5 Å². The second-order valence-electron chi connectivity index (χ2n) is 3.71. The molecule has 0 aliphatic rings. The fraction of sp³-hybridized carbons (Fsp3) is 0.308. The minimum atomic E-state index is -1.10. The van der Waals surface area contributed by atoms with Crippen molar-refractivity contribution >= 4 is 23.9 Å². The zero-order valence-electron chi connectivity index (χ0n) is 11.1. The summed E-state index contributed by atoms with van der Waals surface area (Å²) in [5.41, 5.74) is 0. The van der Waals surface area contributed by atoms with E-state index in [1.807, 2.05) is 0 Å². The summed E-state index contributed by atoms with van der Waals surface area (Å²) in [6, 6.07) is 2.24. The van der Waals surface area contributed by atoms with Gasteiger partial charge in [-0.15, -0.1) is 0 Å². The zero-order chi connectivity index (χ0) is 15.0. The Morgan fingerprint density at radius 1 is 1.35 bits per heavy atom. The van der Waals surface area contributed by atoms with Crippen LogP contribution in [0.4, 0.5) is 0 Å². The Labute approximate surface area is 115 Å². The maximum absolute atomic E-state index is 11.6. The average Bonchev–Trinajstić information content (AvgIpc) is 2.96. The van der Waals surface area contributed by atoms with Crippen LogP contribution in [0.2, 0.25) is 0 Å². The van der Waals surface area contributed by atoms with E-state index >= 15 is 0 Å². The first-order chi connectivity index (χ1) is 9.56. The molecule has 1 heterocycles. The van der Waals surface area contributed by atoms with E-state index in [0.717, 1.165) is 7.11 Å². The molecule has 1 aromatic rings. The monoisotopic (exact) mass is 281 g/mol. The van der Waals surface area contributed by atoms with E-state index in [0.29, 0.717) is 5.76 Å². The van der Waals surface area contributed by atoms with Crippen LogP contribution in [0.3, 0.4) is 0 Å². The maximum Gasteiger partial charge on any atom is 0.328 e. The number of methoxy groups -OCH3 is 2. The van der Waals surface area contributed by atoms with Gasteiger partial charge in [-0.2, -0.15) is 0 Å². The lowest BCUT2D eigenvalue weighted by molar-refractivity contribution is -0.150. The number of esters is 2. The molecule has 1 atom stereocenters. The van der Waals surface area contributed by atoms with Gasteiger partial charge in [0.1, 0.15) is 11.8 Å². The number of carbonyl (C=O) groups excluding carboxylic acids is 3. The lowest BCUT2D eigenvalue weighted by atomic mass is 10.2. The molecular weight excluding hydrogens is 266 g/mol. The molecule has 0 spiro atoms. The van der Waals surface area contributed by atoms with Crippen LogP contribution in [-0.2, 0) is 23.9 Å². The largest absolute Gasteiger partial charge is 0.469 e. The Bertz CT molecular complexity index is 491. The maximum atomic E-state index is 11.6. The summed E-state index contributed by atoms with van der Waals surface area (Å²) in [4.78, 5) is 34.2. The fourth-order valence-electron chi connectivity index (χ4n) is 1.35. The summed E-state index contributed by atoms with van der Waals surface area (Å²) in [5, 5.41) is 2.35. The summed E-state index contributed by atoms with van der Waals surface area (Å²) in [7, 11) is 2.35. The van der Waals surface area contributed by atoms with Gasteiger partial charge in [0.05, 0.1) is 26.9 Å².